The number of fused-ring (bicyclic) bond motifs is 1. The van der Waals surface area contributed by atoms with Crippen LogP contribution in [-0.4, -0.2) is 10.8 Å². The number of ketones is 1. The molecular weight excluding hydrogens is 342 g/mol. The topological polar surface area (TPSA) is 58.9 Å². The summed E-state index contributed by atoms with van der Waals surface area (Å²) < 4.78 is 27.5. The molecule has 3 rings (SSSR count). The van der Waals surface area contributed by atoms with Crippen molar-refractivity contribution in [3.63, 3.8) is 0 Å². The maximum Gasteiger partial charge on any atom is 0.196 e. The molecule has 0 amide bonds. The molecule has 2 aromatic carbocycles. The number of hydrogen-bond donors (Lipinski definition) is 2. The second-order valence-electron chi connectivity index (χ2n) is 4.55. The maximum absolute atomic E-state index is 13.9. The zero-order valence-electron chi connectivity index (χ0n) is 10.6. The molecule has 0 bridgehead atoms. The van der Waals surface area contributed by atoms with Gasteiger partial charge in [-0.05, 0) is 40.2 Å². The number of nitrogen functional groups attached to an aromatic ring is 1. The Morgan fingerprint density at radius 3 is 2.67 bits per heavy atom. The lowest BCUT2D eigenvalue weighted by Crippen LogP contribution is -2.04. The number of anilines is 1. The summed E-state index contributed by atoms with van der Waals surface area (Å²) >= 11 is 3.13. The average Bonchev–Trinajstić information content (AvgIpc) is 2.87. The summed E-state index contributed by atoms with van der Waals surface area (Å²) in [4.78, 5) is 15.4. The number of halogens is 3. The molecule has 0 aliphatic rings. The van der Waals surface area contributed by atoms with E-state index in [0.29, 0.717) is 5.52 Å². The standard InChI is InChI=1S/C15H9BrF2N2O/c16-9-5-11(18)12(19)4-7(9)15(21)8-6-20-13-3-1-2-10(17)14(8)13/h1-6,20H,19H2. The largest absolute Gasteiger partial charge is 0.396 e. The smallest absolute Gasteiger partial charge is 0.196 e. The lowest BCUT2D eigenvalue weighted by atomic mass is 10.0. The molecule has 106 valence electrons. The fourth-order valence-corrected chi connectivity index (χ4v) is 2.70. The average molecular weight is 351 g/mol. The summed E-state index contributed by atoms with van der Waals surface area (Å²) in [5.41, 5.74) is 6.23. The van der Waals surface area contributed by atoms with E-state index in [4.69, 9.17) is 5.73 Å². The van der Waals surface area contributed by atoms with Crippen molar-refractivity contribution in [2.75, 3.05) is 5.73 Å². The van der Waals surface area contributed by atoms with Crippen LogP contribution in [0.25, 0.3) is 10.9 Å². The van der Waals surface area contributed by atoms with Crippen LogP contribution in [-0.2, 0) is 0 Å². The van der Waals surface area contributed by atoms with Crippen LogP contribution in [0, 0.1) is 11.6 Å². The summed E-state index contributed by atoms with van der Waals surface area (Å²) in [6.45, 7) is 0. The quantitative estimate of drug-likeness (QED) is 0.541. The Morgan fingerprint density at radius 2 is 1.90 bits per heavy atom. The Bertz CT molecular complexity index is 873. The molecular formula is C15H9BrF2N2O. The van der Waals surface area contributed by atoms with Gasteiger partial charge in [-0.2, -0.15) is 0 Å². The molecule has 0 saturated heterocycles. The highest BCUT2D eigenvalue weighted by atomic mass is 79.9. The van der Waals surface area contributed by atoms with E-state index in [1.165, 1.54) is 18.3 Å². The molecule has 3 nitrogen and oxygen atoms in total. The first kappa shape index (κ1) is 13.8. The van der Waals surface area contributed by atoms with Gasteiger partial charge >= 0.3 is 0 Å². The number of aromatic nitrogens is 1. The van der Waals surface area contributed by atoms with Crippen LogP contribution < -0.4 is 5.73 Å². The Hall–Kier alpha value is -2.21. The first-order chi connectivity index (χ1) is 9.99. The molecule has 0 unspecified atom stereocenters. The predicted octanol–water partition coefficient (Wildman–Crippen LogP) is 4.02. The number of rotatable bonds is 2. The van der Waals surface area contributed by atoms with E-state index < -0.39 is 17.4 Å². The number of H-pyrrole nitrogens is 1. The van der Waals surface area contributed by atoms with Crippen LogP contribution in [0.15, 0.2) is 41.0 Å². The molecule has 21 heavy (non-hydrogen) atoms. The van der Waals surface area contributed by atoms with Gasteiger partial charge in [-0.3, -0.25) is 4.79 Å². The van der Waals surface area contributed by atoms with Crippen LogP contribution in [0.1, 0.15) is 15.9 Å². The second-order valence-corrected chi connectivity index (χ2v) is 5.40. The predicted molar refractivity (Wildman–Crippen MR) is 80.2 cm³/mol. The van der Waals surface area contributed by atoms with Gasteiger partial charge in [-0.15, -0.1) is 0 Å². The highest BCUT2D eigenvalue weighted by molar-refractivity contribution is 9.10. The Morgan fingerprint density at radius 1 is 1.14 bits per heavy atom. The minimum Gasteiger partial charge on any atom is -0.396 e. The molecule has 0 aliphatic heterocycles. The molecule has 6 heteroatoms. The fraction of sp³-hybridized carbons (Fsp3) is 0. The fourth-order valence-electron chi connectivity index (χ4n) is 2.20. The van der Waals surface area contributed by atoms with Gasteiger partial charge in [-0.1, -0.05) is 6.07 Å². The van der Waals surface area contributed by atoms with Gasteiger partial charge < -0.3 is 10.7 Å². The van der Waals surface area contributed by atoms with Crippen LogP contribution >= 0.6 is 15.9 Å². The molecule has 1 heterocycles. The molecule has 3 N–H and O–H groups in total. The maximum atomic E-state index is 13.9. The zero-order valence-corrected chi connectivity index (χ0v) is 12.2. The van der Waals surface area contributed by atoms with Gasteiger partial charge in [0.15, 0.2) is 5.78 Å². The third kappa shape index (κ3) is 2.21. The molecule has 1 aromatic heterocycles. The number of benzene rings is 2. The van der Waals surface area contributed by atoms with E-state index >= 15 is 0 Å². The molecule has 3 aromatic rings. The molecule has 0 saturated carbocycles. The van der Waals surface area contributed by atoms with Crippen molar-refractivity contribution in [3.8, 4) is 0 Å². The monoisotopic (exact) mass is 350 g/mol. The van der Waals surface area contributed by atoms with Gasteiger partial charge in [0.05, 0.1) is 11.3 Å². The van der Waals surface area contributed by atoms with Gasteiger partial charge in [-0.25, -0.2) is 8.78 Å². The van der Waals surface area contributed by atoms with E-state index in [1.54, 1.807) is 12.1 Å². The molecule has 0 atom stereocenters. The summed E-state index contributed by atoms with van der Waals surface area (Å²) in [6, 6.07) is 6.85. The Kier molecular flexibility index (Phi) is 3.25. The van der Waals surface area contributed by atoms with Crippen LogP contribution in [0.2, 0.25) is 0 Å². The normalized spacial score (nSPS) is 11.0. The van der Waals surface area contributed by atoms with Crippen LogP contribution in [0.3, 0.4) is 0 Å². The Balaban J connectivity index is 2.20. The van der Waals surface area contributed by atoms with E-state index in [-0.39, 0.29) is 26.7 Å². The SMILES string of the molecule is Nc1cc(C(=O)c2c[nH]c3cccc(F)c23)c(Br)cc1F. The molecule has 0 aliphatic carbocycles. The van der Waals surface area contributed by atoms with E-state index in [0.717, 1.165) is 6.07 Å². The number of carbonyl (C=O) groups is 1. The van der Waals surface area contributed by atoms with Crippen molar-refractivity contribution in [1.82, 2.24) is 4.98 Å². The lowest BCUT2D eigenvalue weighted by molar-refractivity contribution is 0.103. The van der Waals surface area contributed by atoms with E-state index in [9.17, 15) is 13.6 Å². The van der Waals surface area contributed by atoms with Crippen molar-refractivity contribution in [1.29, 1.82) is 0 Å². The summed E-state index contributed by atoms with van der Waals surface area (Å²) in [6.07, 6.45) is 1.43. The highest BCUT2D eigenvalue weighted by Gasteiger charge is 2.20. The van der Waals surface area contributed by atoms with E-state index in [2.05, 4.69) is 20.9 Å². The number of hydrogen-bond acceptors (Lipinski definition) is 2. The van der Waals surface area contributed by atoms with Crippen molar-refractivity contribution in [2.45, 2.75) is 0 Å². The summed E-state index contributed by atoms with van der Waals surface area (Å²) in [5.74, 6) is -1.56. The number of aromatic amines is 1. The Labute approximate surface area is 126 Å². The summed E-state index contributed by atoms with van der Waals surface area (Å²) in [5, 5.41) is 0.206. The third-order valence-corrected chi connectivity index (χ3v) is 3.89. The van der Waals surface area contributed by atoms with Crippen LogP contribution in [0.4, 0.5) is 14.5 Å². The van der Waals surface area contributed by atoms with E-state index in [1.807, 2.05) is 0 Å². The van der Waals surface area contributed by atoms with Gasteiger partial charge in [0.25, 0.3) is 0 Å². The first-order valence-corrected chi connectivity index (χ1v) is 6.83. The van der Waals surface area contributed by atoms with Crippen molar-refractivity contribution in [2.24, 2.45) is 0 Å². The molecule has 0 fully saturated rings. The van der Waals surface area contributed by atoms with Crippen LogP contribution in [0.5, 0.6) is 0 Å². The molecule has 0 spiro atoms. The minimum absolute atomic E-state index is 0.137. The minimum atomic E-state index is -0.622. The number of carbonyl (C=O) groups excluding carboxylic acids is 1. The first-order valence-electron chi connectivity index (χ1n) is 6.04. The molecule has 0 radical (unpaired) electrons. The van der Waals surface area contributed by atoms with Crippen molar-refractivity contribution >= 4 is 38.3 Å². The number of nitrogens with one attached hydrogen (secondary N) is 1. The van der Waals surface area contributed by atoms with Gasteiger partial charge in [0.2, 0.25) is 0 Å². The van der Waals surface area contributed by atoms with Gasteiger partial charge in [0.1, 0.15) is 11.6 Å². The third-order valence-electron chi connectivity index (χ3n) is 3.23. The van der Waals surface area contributed by atoms with Crippen molar-refractivity contribution < 1.29 is 13.6 Å². The number of nitrogens with two attached hydrogens (primary N) is 1. The van der Waals surface area contributed by atoms with Gasteiger partial charge in [0, 0.05) is 27.1 Å². The highest BCUT2D eigenvalue weighted by Crippen LogP contribution is 2.29. The lowest BCUT2D eigenvalue weighted by Gasteiger charge is -2.06. The zero-order chi connectivity index (χ0) is 15.1. The van der Waals surface area contributed by atoms with Crippen molar-refractivity contribution in [3.05, 3.63) is 63.8 Å². The summed E-state index contributed by atoms with van der Waals surface area (Å²) in [7, 11) is 0. The second kappa shape index (κ2) is 4.96.